The van der Waals surface area contributed by atoms with Crippen LogP contribution in [0.4, 0.5) is 11.4 Å². The van der Waals surface area contributed by atoms with E-state index in [9.17, 15) is 14.9 Å². The van der Waals surface area contributed by atoms with Crippen molar-refractivity contribution in [2.75, 3.05) is 38.5 Å². The number of carbonyl (C=O) groups is 1. The van der Waals surface area contributed by atoms with Gasteiger partial charge in [-0.15, -0.1) is 0 Å². The van der Waals surface area contributed by atoms with Crippen LogP contribution in [-0.2, 0) is 11.3 Å². The summed E-state index contributed by atoms with van der Waals surface area (Å²) in [4.78, 5) is 26.0. The van der Waals surface area contributed by atoms with Crippen molar-refractivity contribution in [3.63, 3.8) is 0 Å². The molecule has 7 nitrogen and oxygen atoms in total. The quantitative estimate of drug-likeness (QED) is 0.653. The van der Waals surface area contributed by atoms with E-state index >= 15 is 0 Å². The lowest BCUT2D eigenvalue weighted by molar-refractivity contribution is -0.384. The Morgan fingerprint density at radius 1 is 1.38 bits per heavy atom. The topological polar surface area (TPSA) is 78.7 Å². The van der Waals surface area contributed by atoms with Crippen molar-refractivity contribution < 1.29 is 9.72 Å². The molecule has 0 bridgehead atoms. The third-order valence-electron chi connectivity index (χ3n) is 3.60. The highest BCUT2D eigenvalue weighted by molar-refractivity contribution is 5.78. The Morgan fingerprint density at radius 3 is 2.76 bits per heavy atom. The minimum Gasteiger partial charge on any atom is -0.385 e. The minimum atomic E-state index is -0.394. The molecular formula is C14H20N4O3. The molecule has 1 amide bonds. The van der Waals surface area contributed by atoms with Gasteiger partial charge in [0.2, 0.25) is 5.91 Å². The van der Waals surface area contributed by atoms with Gasteiger partial charge in [-0.25, -0.2) is 0 Å². The first kappa shape index (κ1) is 15.2. The number of hydrogen-bond acceptors (Lipinski definition) is 5. The van der Waals surface area contributed by atoms with E-state index < -0.39 is 4.92 Å². The number of hydrogen-bond donors (Lipinski definition) is 1. The molecular weight excluding hydrogens is 272 g/mol. The zero-order chi connectivity index (χ0) is 15.4. The van der Waals surface area contributed by atoms with Gasteiger partial charge in [0.1, 0.15) is 0 Å². The Kier molecular flexibility index (Phi) is 4.74. The van der Waals surface area contributed by atoms with Crippen LogP contribution in [0.5, 0.6) is 0 Å². The SMILES string of the molecule is CCNc1ccc([N+](=O)[O-])cc1CN1CCN(C)C(=O)C1. The summed E-state index contributed by atoms with van der Waals surface area (Å²) < 4.78 is 0. The molecule has 1 aliphatic rings. The molecule has 0 radical (unpaired) electrons. The van der Waals surface area contributed by atoms with Crippen LogP contribution in [0.2, 0.25) is 0 Å². The van der Waals surface area contributed by atoms with E-state index in [0.717, 1.165) is 24.3 Å². The van der Waals surface area contributed by atoms with Crippen molar-refractivity contribution >= 4 is 17.3 Å². The van der Waals surface area contributed by atoms with Gasteiger partial charge in [-0.2, -0.15) is 0 Å². The van der Waals surface area contributed by atoms with E-state index in [1.807, 2.05) is 11.8 Å². The van der Waals surface area contributed by atoms with Crippen LogP contribution in [0, 0.1) is 10.1 Å². The molecule has 1 fully saturated rings. The summed E-state index contributed by atoms with van der Waals surface area (Å²) in [5, 5.41) is 14.1. The molecule has 1 aromatic carbocycles. The second-order valence-electron chi connectivity index (χ2n) is 5.15. The van der Waals surface area contributed by atoms with Crippen LogP contribution < -0.4 is 5.32 Å². The van der Waals surface area contributed by atoms with Crippen LogP contribution in [-0.4, -0.2) is 53.9 Å². The second-order valence-corrected chi connectivity index (χ2v) is 5.15. The summed E-state index contributed by atoms with van der Waals surface area (Å²) in [7, 11) is 1.79. The summed E-state index contributed by atoms with van der Waals surface area (Å²) in [6.07, 6.45) is 0. The average molecular weight is 292 g/mol. The fraction of sp³-hybridized carbons (Fsp3) is 0.500. The molecule has 1 saturated heterocycles. The molecule has 114 valence electrons. The van der Waals surface area contributed by atoms with Crippen molar-refractivity contribution in [2.45, 2.75) is 13.5 Å². The largest absolute Gasteiger partial charge is 0.385 e. The Bertz CT molecular complexity index is 547. The molecule has 0 aliphatic carbocycles. The van der Waals surface area contributed by atoms with E-state index in [-0.39, 0.29) is 11.6 Å². The number of nitro benzene ring substituents is 1. The summed E-state index contributed by atoms with van der Waals surface area (Å²) in [6.45, 7) is 5.06. The molecule has 1 heterocycles. The first-order valence-electron chi connectivity index (χ1n) is 6.98. The van der Waals surface area contributed by atoms with Crippen LogP contribution in [0.15, 0.2) is 18.2 Å². The first-order chi connectivity index (χ1) is 10.0. The smallest absolute Gasteiger partial charge is 0.269 e. The van der Waals surface area contributed by atoms with E-state index in [0.29, 0.717) is 19.6 Å². The van der Waals surface area contributed by atoms with Gasteiger partial charge in [0.25, 0.3) is 5.69 Å². The maximum absolute atomic E-state index is 11.7. The number of nitrogens with zero attached hydrogens (tertiary/aromatic N) is 3. The minimum absolute atomic E-state index is 0.0760. The van der Waals surface area contributed by atoms with Gasteiger partial charge >= 0.3 is 0 Å². The van der Waals surface area contributed by atoms with Crippen molar-refractivity contribution in [2.24, 2.45) is 0 Å². The molecule has 0 saturated carbocycles. The van der Waals surface area contributed by atoms with Gasteiger partial charge in [-0.05, 0) is 18.6 Å². The monoisotopic (exact) mass is 292 g/mol. The van der Waals surface area contributed by atoms with Crippen LogP contribution in [0.25, 0.3) is 0 Å². The number of amides is 1. The van der Waals surface area contributed by atoms with Gasteiger partial charge < -0.3 is 10.2 Å². The van der Waals surface area contributed by atoms with Gasteiger partial charge in [0, 0.05) is 51.0 Å². The zero-order valence-corrected chi connectivity index (χ0v) is 12.3. The van der Waals surface area contributed by atoms with Crippen molar-refractivity contribution in [3.05, 3.63) is 33.9 Å². The van der Waals surface area contributed by atoms with Crippen LogP contribution >= 0.6 is 0 Å². The lowest BCUT2D eigenvalue weighted by Crippen LogP contribution is -2.48. The highest BCUT2D eigenvalue weighted by atomic mass is 16.6. The molecule has 1 aromatic rings. The van der Waals surface area contributed by atoms with Gasteiger partial charge in [0.05, 0.1) is 11.5 Å². The zero-order valence-electron chi connectivity index (χ0n) is 12.3. The number of non-ortho nitro benzene ring substituents is 1. The summed E-state index contributed by atoms with van der Waals surface area (Å²) in [5.41, 5.74) is 1.81. The molecule has 1 aliphatic heterocycles. The molecule has 0 atom stereocenters. The third kappa shape index (κ3) is 3.69. The predicted molar refractivity (Wildman–Crippen MR) is 80.2 cm³/mol. The highest BCUT2D eigenvalue weighted by Crippen LogP contribution is 2.24. The van der Waals surface area contributed by atoms with Gasteiger partial charge in [0.15, 0.2) is 0 Å². The average Bonchev–Trinajstić information content (AvgIpc) is 2.45. The Balaban J connectivity index is 2.18. The maximum Gasteiger partial charge on any atom is 0.269 e. The lowest BCUT2D eigenvalue weighted by Gasteiger charge is -2.32. The number of nitrogens with one attached hydrogen (secondary N) is 1. The molecule has 0 spiro atoms. The Labute approximate surface area is 123 Å². The normalized spacial score (nSPS) is 16.1. The van der Waals surface area contributed by atoms with Crippen molar-refractivity contribution in [1.29, 1.82) is 0 Å². The highest BCUT2D eigenvalue weighted by Gasteiger charge is 2.22. The number of piperazine rings is 1. The number of benzene rings is 1. The van der Waals surface area contributed by atoms with E-state index in [2.05, 4.69) is 5.32 Å². The lowest BCUT2D eigenvalue weighted by atomic mass is 10.1. The second kappa shape index (κ2) is 6.53. The van der Waals surface area contributed by atoms with Gasteiger partial charge in [-0.3, -0.25) is 19.8 Å². The fourth-order valence-electron chi connectivity index (χ4n) is 2.37. The number of rotatable bonds is 5. The summed E-state index contributed by atoms with van der Waals surface area (Å²) in [6, 6.07) is 4.81. The summed E-state index contributed by atoms with van der Waals surface area (Å²) >= 11 is 0. The standard InChI is InChI=1S/C14H20N4O3/c1-3-15-13-5-4-12(18(20)21)8-11(13)9-17-7-6-16(2)14(19)10-17/h4-5,8,15H,3,6-7,9-10H2,1-2H3. The molecule has 21 heavy (non-hydrogen) atoms. The van der Waals surface area contributed by atoms with E-state index in [4.69, 9.17) is 0 Å². The third-order valence-corrected chi connectivity index (χ3v) is 3.60. The van der Waals surface area contributed by atoms with Crippen LogP contribution in [0.1, 0.15) is 12.5 Å². The molecule has 7 heteroatoms. The maximum atomic E-state index is 11.7. The van der Waals surface area contributed by atoms with Crippen molar-refractivity contribution in [3.8, 4) is 0 Å². The number of likely N-dealkylation sites (N-methyl/N-ethyl adjacent to an activating group) is 1. The van der Waals surface area contributed by atoms with Crippen LogP contribution in [0.3, 0.4) is 0 Å². The first-order valence-corrected chi connectivity index (χ1v) is 6.98. The molecule has 2 rings (SSSR count). The van der Waals surface area contributed by atoms with E-state index in [1.54, 1.807) is 24.1 Å². The van der Waals surface area contributed by atoms with Gasteiger partial charge in [-0.1, -0.05) is 0 Å². The molecule has 0 unspecified atom stereocenters. The Morgan fingerprint density at radius 2 is 2.14 bits per heavy atom. The van der Waals surface area contributed by atoms with Crippen molar-refractivity contribution in [1.82, 2.24) is 9.80 Å². The number of carbonyl (C=O) groups excluding carboxylic acids is 1. The number of nitro groups is 1. The molecule has 0 aromatic heterocycles. The fourth-order valence-corrected chi connectivity index (χ4v) is 2.37. The number of anilines is 1. The molecule has 1 N–H and O–H groups in total. The van der Waals surface area contributed by atoms with E-state index in [1.165, 1.54) is 6.07 Å². The summed E-state index contributed by atoms with van der Waals surface area (Å²) in [5.74, 6) is 0.0803. The predicted octanol–water partition coefficient (Wildman–Crippen LogP) is 1.30. The Hall–Kier alpha value is -2.15.